The lowest BCUT2D eigenvalue weighted by Gasteiger charge is -2.13. The van der Waals surface area contributed by atoms with Crippen molar-refractivity contribution in [2.75, 3.05) is 0 Å². The van der Waals surface area contributed by atoms with Crippen molar-refractivity contribution in [2.45, 2.75) is 26.6 Å². The smallest absolute Gasteiger partial charge is 0.305 e. The van der Waals surface area contributed by atoms with Crippen molar-refractivity contribution < 1.29 is 19.1 Å². The second-order valence-corrected chi connectivity index (χ2v) is 2.06. The van der Waals surface area contributed by atoms with Gasteiger partial charge in [0, 0.05) is 13.8 Å². The lowest BCUT2D eigenvalue weighted by atomic mass is 10.4. The SMILES string of the molecule is C#CCC(OC(C)=O)OC(C)=O. The van der Waals surface area contributed by atoms with Crippen molar-refractivity contribution in [3.05, 3.63) is 0 Å². The van der Waals surface area contributed by atoms with E-state index >= 15 is 0 Å². The number of hydrogen-bond acceptors (Lipinski definition) is 4. The van der Waals surface area contributed by atoms with Gasteiger partial charge in [0.1, 0.15) is 0 Å². The Morgan fingerprint density at radius 3 is 2.00 bits per heavy atom. The highest BCUT2D eigenvalue weighted by atomic mass is 16.7. The van der Waals surface area contributed by atoms with Crippen LogP contribution in [0.5, 0.6) is 0 Å². The Labute approximate surface area is 70.8 Å². The van der Waals surface area contributed by atoms with E-state index in [1.54, 1.807) is 0 Å². The van der Waals surface area contributed by atoms with Crippen molar-refractivity contribution in [1.82, 2.24) is 0 Å². The maximum absolute atomic E-state index is 10.4. The highest BCUT2D eigenvalue weighted by Crippen LogP contribution is 2.00. The maximum Gasteiger partial charge on any atom is 0.305 e. The Kier molecular flexibility index (Phi) is 4.54. The second-order valence-electron chi connectivity index (χ2n) is 2.06. The van der Waals surface area contributed by atoms with Crippen molar-refractivity contribution in [3.8, 4) is 12.3 Å². The normalized spacial score (nSPS) is 8.83. The molecule has 0 aromatic rings. The van der Waals surface area contributed by atoms with E-state index in [9.17, 15) is 9.59 Å². The van der Waals surface area contributed by atoms with Crippen LogP contribution < -0.4 is 0 Å². The summed E-state index contributed by atoms with van der Waals surface area (Å²) in [5.74, 6) is 1.16. The number of terminal acetylenes is 1. The zero-order valence-electron chi connectivity index (χ0n) is 6.99. The first-order valence-electron chi connectivity index (χ1n) is 3.34. The molecule has 0 saturated heterocycles. The van der Waals surface area contributed by atoms with E-state index in [0.717, 1.165) is 0 Å². The van der Waals surface area contributed by atoms with Crippen molar-refractivity contribution in [2.24, 2.45) is 0 Å². The minimum atomic E-state index is -0.954. The molecule has 0 bridgehead atoms. The summed E-state index contributed by atoms with van der Waals surface area (Å²) >= 11 is 0. The molecule has 0 aromatic heterocycles. The highest BCUT2D eigenvalue weighted by Gasteiger charge is 2.12. The van der Waals surface area contributed by atoms with E-state index in [4.69, 9.17) is 6.42 Å². The van der Waals surface area contributed by atoms with Crippen LogP contribution in [0.4, 0.5) is 0 Å². The summed E-state index contributed by atoms with van der Waals surface area (Å²) in [6.45, 7) is 2.43. The summed E-state index contributed by atoms with van der Waals surface area (Å²) in [5.41, 5.74) is 0. The maximum atomic E-state index is 10.4. The van der Waals surface area contributed by atoms with Gasteiger partial charge in [-0.15, -0.1) is 6.42 Å². The second kappa shape index (κ2) is 5.19. The van der Waals surface area contributed by atoms with E-state index in [1.807, 2.05) is 0 Å². The summed E-state index contributed by atoms with van der Waals surface area (Å²) in [4.78, 5) is 20.9. The van der Waals surface area contributed by atoms with Gasteiger partial charge in [-0.25, -0.2) is 0 Å². The fraction of sp³-hybridized carbons (Fsp3) is 0.500. The number of rotatable bonds is 3. The molecule has 12 heavy (non-hydrogen) atoms. The Morgan fingerprint density at radius 2 is 1.75 bits per heavy atom. The van der Waals surface area contributed by atoms with E-state index in [0.29, 0.717) is 0 Å². The van der Waals surface area contributed by atoms with Crippen LogP contribution in [0.15, 0.2) is 0 Å². The number of carbonyl (C=O) groups excluding carboxylic acids is 2. The third-order valence-electron chi connectivity index (χ3n) is 0.879. The average molecular weight is 170 g/mol. The molecule has 0 aliphatic rings. The fourth-order valence-corrected chi connectivity index (χ4v) is 0.574. The molecule has 0 aromatic carbocycles. The topological polar surface area (TPSA) is 52.6 Å². The van der Waals surface area contributed by atoms with Gasteiger partial charge < -0.3 is 9.47 Å². The molecule has 0 radical (unpaired) electrons. The van der Waals surface area contributed by atoms with Gasteiger partial charge in [-0.1, -0.05) is 5.92 Å². The third-order valence-corrected chi connectivity index (χ3v) is 0.879. The van der Waals surface area contributed by atoms with E-state index in [2.05, 4.69) is 15.4 Å². The van der Waals surface area contributed by atoms with Crippen molar-refractivity contribution in [1.29, 1.82) is 0 Å². The van der Waals surface area contributed by atoms with E-state index in [-0.39, 0.29) is 6.42 Å². The van der Waals surface area contributed by atoms with Crippen LogP contribution in [-0.4, -0.2) is 18.2 Å². The quantitative estimate of drug-likeness (QED) is 0.351. The largest absolute Gasteiger partial charge is 0.424 e. The minimum absolute atomic E-state index is 0.0686. The Bertz CT molecular complexity index is 198. The molecule has 0 spiro atoms. The molecule has 0 unspecified atom stereocenters. The van der Waals surface area contributed by atoms with Crippen LogP contribution in [0.25, 0.3) is 0 Å². The molecule has 0 N–H and O–H groups in total. The highest BCUT2D eigenvalue weighted by molar-refractivity contribution is 5.68. The standard InChI is InChI=1S/C8H10O4/c1-4-5-8(11-6(2)9)12-7(3)10/h1,8H,5H2,2-3H3. The van der Waals surface area contributed by atoms with Gasteiger partial charge >= 0.3 is 11.9 Å². The molecule has 0 heterocycles. The molecule has 0 rings (SSSR count). The first-order chi connectivity index (χ1) is 5.56. The average Bonchev–Trinajstić information content (AvgIpc) is 1.84. The molecule has 0 atom stereocenters. The van der Waals surface area contributed by atoms with Crippen LogP contribution in [-0.2, 0) is 19.1 Å². The van der Waals surface area contributed by atoms with Gasteiger partial charge in [-0.05, 0) is 0 Å². The van der Waals surface area contributed by atoms with Crippen LogP contribution in [0.1, 0.15) is 20.3 Å². The first kappa shape index (κ1) is 10.5. The summed E-state index contributed by atoms with van der Waals surface area (Å²) in [6.07, 6.45) is 4.06. The summed E-state index contributed by atoms with van der Waals surface area (Å²) < 4.78 is 9.15. The fourth-order valence-electron chi connectivity index (χ4n) is 0.574. The van der Waals surface area contributed by atoms with Crippen molar-refractivity contribution >= 4 is 11.9 Å². The van der Waals surface area contributed by atoms with Gasteiger partial charge in [0.15, 0.2) is 0 Å². The van der Waals surface area contributed by atoms with Crippen LogP contribution >= 0.6 is 0 Å². The first-order valence-corrected chi connectivity index (χ1v) is 3.34. The molecule has 0 fully saturated rings. The third kappa shape index (κ3) is 5.30. The zero-order chi connectivity index (χ0) is 9.56. The summed E-state index contributed by atoms with van der Waals surface area (Å²) in [5, 5.41) is 0. The minimum Gasteiger partial charge on any atom is -0.424 e. The lowest BCUT2D eigenvalue weighted by Crippen LogP contribution is -2.21. The molecule has 0 aliphatic carbocycles. The molecule has 0 saturated carbocycles. The van der Waals surface area contributed by atoms with Gasteiger partial charge in [-0.2, -0.15) is 0 Å². The van der Waals surface area contributed by atoms with Gasteiger partial charge in [0.2, 0.25) is 0 Å². The molecule has 0 aliphatic heterocycles. The van der Waals surface area contributed by atoms with Crippen LogP contribution in [0.2, 0.25) is 0 Å². The van der Waals surface area contributed by atoms with Gasteiger partial charge in [0.05, 0.1) is 6.42 Å². The molecule has 66 valence electrons. The summed E-state index contributed by atoms with van der Waals surface area (Å²) in [6, 6.07) is 0. The Morgan fingerprint density at radius 1 is 1.33 bits per heavy atom. The number of hydrogen-bond donors (Lipinski definition) is 0. The predicted molar refractivity (Wildman–Crippen MR) is 40.8 cm³/mol. The zero-order valence-corrected chi connectivity index (χ0v) is 6.99. The van der Waals surface area contributed by atoms with Gasteiger partial charge in [0.25, 0.3) is 6.29 Å². The molecule has 4 nitrogen and oxygen atoms in total. The molecular weight excluding hydrogens is 160 g/mol. The monoisotopic (exact) mass is 170 g/mol. The number of esters is 2. The number of carbonyl (C=O) groups is 2. The Hall–Kier alpha value is -1.50. The predicted octanol–water partition coefficient (Wildman–Crippen LogP) is 0.462. The van der Waals surface area contributed by atoms with E-state index < -0.39 is 18.2 Å². The van der Waals surface area contributed by atoms with Gasteiger partial charge in [-0.3, -0.25) is 9.59 Å². The van der Waals surface area contributed by atoms with Crippen molar-refractivity contribution in [3.63, 3.8) is 0 Å². The molecule has 4 heteroatoms. The van der Waals surface area contributed by atoms with Crippen LogP contribution in [0, 0.1) is 12.3 Å². The van der Waals surface area contributed by atoms with Crippen LogP contribution in [0.3, 0.4) is 0 Å². The van der Waals surface area contributed by atoms with E-state index in [1.165, 1.54) is 13.8 Å². The Balaban J connectivity index is 3.96. The molecule has 0 amide bonds. The lowest BCUT2D eigenvalue weighted by molar-refractivity contribution is -0.183. The number of ether oxygens (including phenoxy) is 2. The molecular formula is C8H10O4. The summed E-state index contributed by atoms with van der Waals surface area (Å²) in [7, 11) is 0.